The molecule has 1 aliphatic heterocycles. The van der Waals surface area contributed by atoms with Gasteiger partial charge in [-0.3, -0.25) is 4.99 Å². The molecule has 1 unspecified atom stereocenters. The molecule has 1 saturated heterocycles. The van der Waals surface area contributed by atoms with Crippen LogP contribution < -0.4 is 5.32 Å². The zero-order valence-corrected chi connectivity index (χ0v) is 12.2. The SMILES string of the molecule is CC1CCC(CN=C2NC(C(C)C)CS2)CC1. The van der Waals surface area contributed by atoms with Gasteiger partial charge in [-0.25, -0.2) is 0 Å². The van der Waals surface area contributed by atoms with Crippen molar-refractivity contribution < 1.29 is 0 Å². The fourth-order valence-electron chi connectivity index (χ4n) is 2.58. The summed E-state index contributed by atoms with van der Waals surface area (Å²) >= 11 is 1.91. The Morgan fingerprint density at radius 3 is 2.59 bits per heavy atom. The first-order valence-electron chi connectivity index (χ1n) is 7.09. The van der Waals surface area contributed by atoms with Crippen LogP contribution in [0, 0.1) is 17.8 Å². The number of hydrogen-bond donors (Lipinski definition) is 1. The topological polar surface area (TPSA) is 24.4 Å². The summed E-state index contributed by atoms with van der Waals surface area (Å²) in [5, 5.41) is 4.75. The molecule has 0 aromatic rings. The molecule has 1 atom stereocenters. The van der Waals surface area contributed by atoms with Gasteiger partial charge in [0.2, 0.25) is 0 Å². The maximum atomic E-state index is 4.77. The van der Waals surface area contributed by atoms with E-state index < -0.39 is 0 Å². The average molecular weight is 254 g/mol. The summed E-state index contributed by atoms with van der Waals surface area (Å²) < 4.78 is 0. The van der Waals surface area contributed by atoms with E-state index in [4.69, 9.17) is 4.99 Å². The summed E-state index contributed by atoms with van der Waals surface area (Å²) in [6.07, 6.45) is 5.59. The minimum atomic E-state index is 0.630. The van der Waals surface area contributed by atoms with Crippen molar-refractivity contribution in [3.05, 3.63) is 0 Å². The highest BCUT2D eigenvalue weighted by Gasteiger charge is 2.23. The molecule has 2 aliphatic rings. The smallest absolute Gasteiger partial charge is 0.156 e. The molecule has 2 rings (SSSR count). The minimum Gasteiger partial charge on any atom is -0.361 e. The Hall–Kier alpha value is -0.180. The number of amidine groups is 1. The van der Waals surface area contributed by atoms with E-state index in [-0.39, 0.29) is 0 Å². The summed E-state index contributed by atoms with van der Waals surface area (Å²) in [5.41, 5.74) is 0. The van der Waals surface area contributed by atoms with Gasteiger partial charge < -0.3 is 5.32 Å². The molecule has 0 amide bonds. The summed E-state index contributed by atoms with van der Waals surface area (Å²) in [7, 11) is 0. The molecule has 3 heteroatoms. The summed E-state index contributed by atoms with van der Waals surface area (Å²) in [6.45, 7) is 7.99. The zero-order valence-electron chi connectivity index (χ0n) is 11.4. The second-order valence-corrected chi connectivity index (χ2v) is 7.09. The fraction of sp³-hybridized carbons (Fsp3) is 0.929. The van der Waals surface area contributed by atoms with Crippen LogP contribution in [0.15, 0.2) is 4.99 Å². The molecule has 1 N–H and O–H groups in total. The van der Waals surface area contributed by atoms with Crippen LogP contribution in [0.5, 0.6) is 0 Å². The highest BCUT2D eigenvalue weighted by atomic mass is 32.2. The van der Waals surface area contributed by atoms with Crippen molar-refractivity contribution in [3.8, 4) is 0 Å². The first kappa shape index (κ1) is 13.3. The van der Waals surface area contributed by atoms with Crippen molar-refractivity contribution in [1.82, 2.24) is 5.32 Å². The van der Waals surface area contributed by atoms with Crippen molar-refractivity contribution in [2.24, 2.45) is 22.7 Å². The van der Waals surface area contributed by atoms with Gasteiger partial charge in [-0.1, -0.05) is 45.4 Å². The summed E-state index contributed by atoms with van der Waals surface area (Å²) in [6, 6.07) is 0.630. The quantitative estimate of drug-likeness (QED) is 0.833. The third kappa shape index (κ3) is 3.90. The van der Waals surface area contributed by atoms with Crippen molar-refractivity contribution in [2.75, 3.05) is 12.3 Å². The molecule has 17 heavy (non-hydrogen) atoms. The third-order valence-corrected chi connectivity index (χ3v) is 5.19. The first-order valence-corrected chi connectivity index (χ1v) is 8.07. The summed E-state index contributed by atoms with van der Waals surface area (Å²) in [4.78, 5) is 4.77. The molecule has 0 bridgehead atoms. The van der Waals surface area contributed by atoms with E-state index in [2.05, 4.69) is 26.1 Å². The molecule has 0 radical (unpaired) electrons. The van der Waals surface area contributed by atoms with Crippen molar-refractivity contribution >= 4 is 16.9 Å². The Bertz CT molecular complexity index is 267. The van der Waals surface area contributed by atoms with Gasteiger partial charge in [-0.15, -0.1) is 0 Å². The summed E-state index contributed by atoms with van der Waals surface area (Å²) in [5.74, 6) is 3.70. The number of nitrogens with zero attached hydrogens (tertiary/aromatic N) is 1. The van der Waals surface area contributed by atoms with Crippen LogP contribution in [-0.2, 0) is 0 Å². The molecule has 1 heterocycles. The number of hydrogen-bond acceptors (Lipinski definition) is 2. The fourth-order valence-corrected chi connectivity index (χ4v) is 3.79. The van der Waals surface area contributed by atoms with Crippen LogP contribution in [0.2, 0.25) is 0 Å². The molecule has 2 nitrogen and oxygen atoms in total. The lowest BCUT2D eigenvalue weighted by atomic mass is 9.83. The van der Waals surface area contributed by atoms with Gasteiger partial charge in [0.25, 0.3) is 0 Å². The molecule has 2 fully saturated rings. The Balaban J connectivity index is 1.74. The maximum Gasteiger partial charge on any atom is 0.156 e. The van der Waals surface area contributed by atoms with Crippen molar-refractivity contribution in [2.45, 2.75) is 52.5 Å². The van der Waals surface area contributed by atoms with E-state index in [1.54, 1.807) is 0 Å². The van der Waals surface area contributed by atoms with E-state index in [1.807, 2.05) is 11.8 Å². The van der Waals surface area contributed by atoms with Gasteiger partial charge in [0.05, 0.1) is 0 Å². The van der Waals surface area contributed by atoms with Gasteiger partial charge in [0, 0.05) is 18.3 Å². The lowest BCUT2D eigenvalue weighted by molar-refractivity contribution is 0.296. The van der Waals surface area contributed by atoms with Crippen LogP contribution in [0.25, 0.3) is 0 Å². The maximum absolute atomic E-state index is 4.77. The van der Waals surface area contributed by atoms with E-state index in [0.29, 0.717) is 12.0 Å². The van der Waals surface area contributed by atoms with Gasteiger partial charge in [0.1, 0.15) is 0 Å². The molecule has 0 spiro atoms. The number of rotatable bonds is 3. The van der Waals surface area contributed by atoms with Crippen LogP contribution in [0.1, 0.15) is 46.5 Å². The zero-order chi connectivity index (χ0) is 12.3. The van der Waals surface area contributed by atoms with E-state index in [9.17, 15) is 0 Å². The lowest BCUT2D eigenvalue weighted by Crippen LogP contribution is -2.31. The number of thioether (sulfide) groups is 1. The van der Waals surface area contributed by atoms with E-state index in [1.165, 1.54) is 36.6 Å². The Morgan fingerprint density at radius 2 is 2.00 bits per heavy atom. The Labute approximate surface area is 110 Å². The molecule has 98 valence electrons. The minimum absolute atomic E-state index is 0.630. The standard InChI is InChI=1S/C14H26N2S/c1-10(2)13-9-17-14(16-13)15-8-12-6-4-11(3)5-7-12/h10-13H,4-9H2,1-3H3,(H,15,16). The van der Waals surface area contributed by atoms with Gasteiger partial charge in [0.15, 0.2) is 5.17 Å². The Kier molecular flexibility index (Phi) is 4.78. The molecule has 0 aromatic heterocycles. The number of nitrogens with one attached hydrogen (secondary N) is 1. The lowest BCUT2D eigenvalue weighted by Gasteiger charge is -2.24. The molecule has 0 aromatic carbocycles. The van der Waals surface area contributed by atoms with Crippen LogP contribution in [-0.4, -0.2) is 23.5 Å². The van der Waals surface area contributed by atoms with Crippen LogP contribution in [0.3, 0.4) is 0 Å². The molecular formula is C14H26N2S. The average Bonchev–Trinajstić information content (AvgIpc) is 2.77. The van der Waals surface area contributed by atoms with E-state index >= 15 is 0 Å². The predicted molar refractivity (Wildman–Crippen MR) is 77.6 cm³/mol. The number of aliphatic imine (C=N–C) groups is 1. The van der Waals surface area contributed by atoms with Gasteiger partial charge in [-0.2, -0.15) is 0 Å². The normalized spacial score (nSPS) is 36.5. The second-order valence-electron chi connectivity index (χ2n) is 6.08. The van der Waals surface area contributed by atoms with Crippen molar-refractivity contribution in [3.63, 3.8) is 0 Å². The largest absolute Gasteiger partial charge is 0.361 e. The molecule has 1 aliphatic carbocycles. The van der Waals surface area contributed by atoms with E-state index in [0.717, 1.165) is 18.4 Å². The van der Waals surface area contributed by atoms with Crippen LogP contribution in [0.4, 0.5) is 0 Å². The van der Waals surface area contributed by atoms with Crippen LogP contribution >= 0.6 is 11.8 Å². The second kappa shape index (κ2) is 6.12. The highest BCUT2D eigenvalue weighted by molar-refractivity contribution is 8.14. The monoisotopic (exact) mass is 254 g/mol. The molecule has 1 saturated carbocycles. The van der Waals surface area contributed by atoms with Crippen molar-refractivity contribution in [1.29, 1.82) is 0 Å². The first-order chi connectivity index (χ1) is 8.15. The Morgan fingerprint density at radius 1 is 1.29 bits per heavy atom. The predicted octanol–water partition coefficient (Wildman–Crippen LogP) is 3.53. The highest BCUT2D eigenvalue weighted by Crippen LogP contribution is 2.29. The third-order valence-electron chi connectivity index (χ3n) is 4.14. The van der Waals surface area contributed by atoms with Gasteiger partial charge >= 0.3 is 0 Å². The molecular weight excluding hydrogens is 228 g/mol. The van der Waals surface area contributed by atoms with Gasteiger partial charge in [-0.05, 0) is 30.6 Å².